The van der Waals surface area contributed by atoms with Crippen molar-refractivity contribution in [1.29, 1.82) is 0 Å². The van der Waals surface area contributed by atoms with E-state index in [0.717, 1.165) is 104 Å². The maximum absolute atomic E-state index is 13.4. The molecule has 14 nitrogen and oxygen atoms in total. The molecule has 1 unspecified atom stereocenters. The molecule has 0 bridgehead atoms. The van der Waals surface area contributed by atoms with Gasteiger partial charge in [0.2, 0.25) is 17.7 Å². The highest BCUT2D eigenvalue weighted by Crippen LogP contribution is 2.43. The Balaban J connectivity index is 0.802. The number of fused-ring (bicyclic) bond motifs is 1. The van der Waals surface area contributed by atoms with Gasteiger partial charge in [-0.15, -0.1) is 0 Å². The minimum atomic E-state index is -0.389. The van der Waals surface area contributed by atoms with E-state index >= 15 is 0 Å². The average molecular weight is 751 g/mol. The van der Waals surface area contributed by atoms with Gasteiger partial charge in [0.15, 0.2) is 0 Å². The van der Waals surface area contributed by atoms with Gasteiger partial charge in [-0.3, -0.25) is 39.4 Å². The number of aryl methyl sites for hydroxylation is 1. The van der Waals surface area contributed by atoms with Crippen molar-refractivity contribution < 1.29 is 23.9 Å². The molecule has 4 aliphatic rings. The highest BCUT2D eigenvalue weighted by atomic mass is 16.5. The minimum Gasteiger partial charge on any atom is -0.496 e. The van der Waals surface area contributed by atoms with Crippen LogP contribution in [0.15, 0.2) is 53.6 Å². The third-order valence-electron chi connectivity index (χ3n) is 12.3. The Morgan fingerprint density at radius 3 is 2.29 bits per heavy atom. The summed E-state index contributed by atoms with van der Waals surface area (Å²) in [5, 5.41) is 13.3. The van der Waals surface area contributed by atoms with Gasteiger partial charge in [0.05, 0.1) is 32.5 Å². The van der Waals surface area contributed by atoms with Crippen molar-refractivity contribution in [2.24, 2.45) is 12.5 Å². The first-order valence-corrected chi connectivity index (χ1v) is 19.3. The van der Waals surface area contributed by atoms with Crippen molar-refractivity contribution in [3.05, 3.63) is 70.3 Å². The standard InChI is InChI=1S/C41H50N8O6/c1-46-21-31(30-20-42-45-38(30)40(46)53)28-18-34(54-2)32(35(19-28)55-3)22-48-16-12-41(13-17-48)24-49(25-41)37(51)23-47-14-10-27(11-15-47)26-4-6-29(7-5-26)43-33-8-9-36(50)44-39(33)52/h4-7,18-21,27,33,43H,8-17,22-25H2,1-3H3,(H,42,45)(H,44,50,52). The summed E-state index contributed by atoms with van der Waals surface area (Å²) < 4.78 is 13.4. The van der Waals surface area contributed by atoms with Crippen LogP contribution in [0, 0.1) is 5.41 Å². The highest BCUT2D eigenvalue weighted by Gasteiger charge is 2.47. The molecule has 290 valence electrons. The number of anilines is 1. The summed E-state index contributed by atoms with van der Waals surface area (Å²) in [4.78, 5) is 56.3. The summed E-state index contributed by atoms with van der Waals surface area (Å²) in [5.74, 6) is 1.67. The molecule has 0 radical (unpaired) electrons. The van der Waals surface area contributed by atoms with Crippen molar-refractivity contribution in [2.75, 3.05) is 65.3 Å². The number of carbonyl (C=O) groups is 3. The van der Waals surface area contributed by atoms with Gasteiger partial charge >= 0.3 is 0 Å². The van der Waals surface area contributed by atoms with E-state index in [1.54, 1.807) is 32.0 Å². The summed E-state index contributed by atoms with van der Waals surface area (Å²) in [5.41, 5.74) is 5.42. The van der Waals surface area contributed by atoms with Crippen LogP contribution in [-0.2, 0) is 28.0 Å². The molecule has 3 N–H and O–H groups in total. The molecule has 1 spiro atoms. The van der Waals surface area contributed by atoms with Gasteiger partial charge in [0.25, 0.3) is 5.56 Å². The summed E-state index contributed by atoms with van der Waals surface area (Å²) in [6.07, 6.45) is 8.46. The molecule has 2 aromatic heterocycles. The van der Waals surface area contributed by atoms with Crippen molar-refractivity contribution >= 4 is 34.3 Å². The Labute approximate surface area is 320 Å². The summed E-state index contributed by atoms with van der Waals surface area (Å²) >= 11 is 0. The number of nitrogens with one attached hydrogen (secondary N) is 3. The molecule has 4 fully saturated rings. The quantitative estimate of drug-likeness (QED) is 0.206. The number of aromatic nitrogens is 3. The fourth-order valence-electron chi connectivity index (χ4n) is 8.94. The minimum absolute atomic E-state index is 0.130. The van der Waals surface area contributed by atoms with Gasteiger partial charge in [0, 0.05) is 61.4 Å². The van der Waals surface area contributed by atoms with Crippen LogP contribution < -0.4 is 25.7 Å². The lowest BCUT2D eigenvalue weighted by Crippen LogP contribution is -2.63. The van der Waals surface area contributed by atoms with Crippen LogP contribution in [0.3, 0.4) is 0 Å². The number of rotatable bonds is 10. The van der Waals surface area contributed by atoms with Crippen LogP contribution >= 0.6 is 0 Å². The molecule has 4 aliphatic heterocycles. The Hall–Kier alpha value is -5.21. The van der Waals surface area contributed by atoms with Crippen LogP contribution in [0.2, 0.25) is 0 Å². The molecule has 2 aromatic carbocycles. The third kappa shape index (κ3) is 7.44. The van der Waals surface area contributed by atoms with Gasteiger partial charge in [-0.1, -0.05) is 12.1 Å². The first-order chi connectivity index (χ1) is 26.6. The van der Waals surface area contributed by atoms with Gasteiger partial charge in [-0.25, -0.2) is 0 Å². The second kappa shape index (κ2) is 15.1. The monoisotopic (exact) mass is 750 g/mol. The van der Waals surface area contributed by atoms with Crippen LogP contribution in [-0.4, -0.2) is 113 Å². The molecule has 6 heterocycles. The van der Waals surface area contributed by atoms with E-state index in [4.69, 9.17) is 9.47 Å². The van der Waals surface area contributed by atoms with Crippen LogP contribution in [0.25, 0.3) is 22.0 Å². The topological polar surface area (TPSA) is 154 Å². The number of likely N-dealkylation sites (tertiary alicyclic amines) is 3. The number of piperidine rings is 3. The van der Waals surface area contributed by atoms with Crippen molar-refractivity contribution in [1.82, 2.24) is 34.8 Å². The van der Waals surface area contributed by atoms with Crippen LogP contribution in [0.5, 0.6) is 11.5 Å². The molecule has 0 saturated carbocycles. The lowest BCUT2D eigenvalue weighted by molar-refractivity contribution is -0.148. The molecule has 55 heavy (non-hydrogen) atoms. The van der Waals surface area contributed by atoms with Crippen molar-refractivity contribution in [2.45, 2.75) is 57.0 Å². The lowest BCUT2D eigenvalue weighted by atomic mass is 9.72. The van der Waals surface area contributed by atoms with Crippen molar-refractivity contribution in [3.8, 4) is 22.6 Å². The smallest absolute Gasteiger partial charge is 0.276 e. The first kappa shape index (κ1) is 36.8. The van der Waals surface area contributed by atoms with Gasteiger partial charge in [0.1, 0.15) is 23.1 Å². The fourth-order valence-corrected chi connectivity index (χ4v) is 8.94. The Morgan fingerprint density at radius 1 is 0.945 bits per heavy atom. The molecular weight excluding hydrogens is 701 g/mol. The maximum Gasteiger partial charge on any atom is 0.276 e. The zero-order valence-electron chi connectivity index (χ0n) is 31.9. The zero-order valence-corrected chi connectivity index (χ0v) is 31.9. The number of ether oxygens (including phenoxy) is 2. The number of imide groups is 1. The second-order valence-electron chi connectivity index (χ2n) is 15.8. The van der Waals surface area contributed by atoms with E-state index in [-0.39, 0.29) is 34.7 Å². The Kier molecular flexibility index (Phi) is 10.1. The Morgan fingerprint density at radius 2 is 1.64 bits per heavy atom. The van der Waals surface area contributed by atoms with E-state index in [1.165, 1.54) is 5.56 Å². The molecule has 4 aromatic rings. The predicted octanol–water partition coefficient (Wildman–Crippen LogP) is 3.47. The largest absolute Gasteiger partial charge is 0.496 e. The number of nitrogens with zero attached hydrogens (tertiary/aromatic N) is 5. The number of hydrogen-bond acceptors (Lipinski definition) is 10. The number of amides is 3. The number of benzene rings is 2. The highest BCUT2D eigenvalue weighted by molar-refractivity contribution is 6.01. The Bertz CT molecular complexity index is 2110. The number of pyridine rings is 1. The number of methoxy groups -OCH3 is 2. The number of carbonyl (C=O) groups excluding carboxylic acids is 3. The number of hydrogen-bond donors (Lipinski definition) is 3. The number of aromatic amines is 1. The molecule has 4 saturated heterocycles. The van der Waals surface area contributed by atoms with Gasteiger partial charge in [-0.2, -0.15) is 5.10 Å². The zero-order chi connectivity index (χ0) is 38.3. The molecule has 14 heteroatoms. The van der Waals surface area contributed by atoms with Gasteiger partial charge < -0.3 is 24.3 Å². The third-order valence-corrected chi connectivity index (χ3v) is 12.3. The predicted molar refractivity (Wildman–Crippen MR) is 208 cm³/mol. The average Bonchev–Trinajstić information content (AvgIpc) is 3.68. The molecular formula is C41H50N8O6. The normalized spacial score (nSPS) is 20.7. The van der Waals surface area contributed by atoms with Gasteiger partial charge in [-0.05, 0) is 99.6 Å². The van der Waals surface area contributed by atoms with E-state index < -0.39 is 0 Å². The first-order valence-electron chi connectivity index (χ1n) is 19.3. The molecule has 8 rings (SSSR count). The summed E-state index contributed by atoms with van der Waals surface area (Å²) in [7, 11) is 5.08. The fraction of sp³-hybridized carbons (Fsp3) is 0.488. The molecule has 3 amide bonds. The van der Waals surface area contributed by atoms with E-state index in [9.17, 15) is 19.2 Å². The molecule has 0 aliphatic carbocycles. The van der Waals surface area contributed by atoms with Crippen LogP contribution in [0.4, 0.5) is 5.69 Å². The maximum atomic E-state index is 13.4. The summed E-state index contributed by atoms with van der Waals surface area (Å²) in [6, 6.07) is 11.9. The molecule has 1 atom stereocenters. The van der Waals surface area contributed by atoms with Crippen molar-refractivity contribution in [3.63, 3.8) is 0 Å². The van der Waals surface area contributed by atoms with E-state index in [0.29, 0.717) is 37.4 Å². The number of H-pyrrole nitrogens is 1. The summed E-state index contributed by atoms with van der Waals surface area (Å²) in [6.45, 7) is 6.50. The second-order valence-corrected chi connectivity index (χ2v) is 15.8. The lowest BCUT2D eigenvalue weighted by Gasteiger charge is -2.54. The SMILES string of the molecule is COc1cc(-c2cn(C)c(=O)c3[nH]ncc23)cc(OC)c1CN1CCC2(CC1)CN(C(=O)CN1CCC(c3ccc(NC4CCC(=O)NC4=O)cc3)CC1)C2. The van der Waals surface area contributed by atoms with Crippen LogP contribution in [0.1, 0.15) is 55.6 Å². The van der Waals surface area contributed by atoms with E-state index in [1.807, 2.05) is 30.5 Å². The van der Waals surface area contributed by atoms with E-state index in [2.05, 4.69) is 47.7 Å².